The topological polar surface area (TPSA) is 184 Å². The van der Waals surface area contributed by atoms with Gasteiger partial charge in [-0.25, -0.2) is 4.79 Å². The molecule has 1 aromatic heterocycles. The van der Waals surface area contributed by atoms with Crippen molar-refractivity contribution >= 4 is 29.6 Å². The predicted octanol–water partition coefficient (Wildman–Crippen LogP) is 0.999. The lowest BCUT2D eigenvalue weighted by Crippen LogP contribution is -2.56. The molecule has 4 amide bonds. The molecule has 5 atom stereocenters. The first-order valence-corrected chi connectivity index (χ1v) is 13.9. The average molecular weight is 571 g/mol. The fraction of sp³-hybridized carbons (Fsp3) is 0.607. The average Bonchev–Trinajstić information content (AvgIpc) is 3.66. The van der Waals surface area contributed by atoms with Gasteiger partial charge in [0.05, 0.1) is 12.7 Å². The number of hydrogen-bond acceptors (Lipinski definition) is 9. The van der Waals surface area contributed by atoms with Crippen LogP contribution in [0.1, 0.15) is 62.7 Å². The first-order valence-electron chi connectivity index (χ1n) is 13.9. The lowest BCUT2D eigenvalue weighted by molar-refractivity contribution is -0.140. The number of esters is 1. The lowest BCUT2D eigenvalue weighted by atomic mass is 9.97. The fourth-order valence-electron chi connectivity index (χ4n) is 5.10. The lowest BCUT2D eigenvalue weighted by Gasteiger charge is -2.31. The molecule has 0 bridgehead atoms. The SMILES string of the molecule is CCOC(=O)/C=C/[C@H](C[C@@H]1CCNC1=O)NC(=O)[C@@H]1C[C@@H](CC#N)CN1C(=O)[C@@H](NC(=O)c1cc(C)on1)C(C)C. The number of hydrogen-bond donors (Lipinski definition) is 3. The summed E-state index contributed by atoms with van der Waals surface area (Å²) in [5.74, 6) is -2.68. The van der Waals surface area contributed by atoms with Crippen molar-refractivity contribution in [1.82, 2.24) is 26.0 Å². The van der Waals surface area contributed by atoms with E-state index in [-0.39, 0.29) is 61.8 Å². The molecule has 2 aliphatic heterocycles. The van der Waals surface area contributed by atoms with E-state index >= 15 is 0 Å². The Morgan fingerprint density at radius 3 is 2.66 bits per heavy atom. The molecule has 2 fully saturated rings. The van der Waals surface area contributed by atoms with Gasteiger partial charge in [0.25, 0.3) is 5.91 Å². The Morgan fingerprint density at radius 1 is 1.32 bits per heavy atom. The second-order valence-electron chi connectivity index (χ2n) is 10.7. The molecule has 3 rings (SSSR count). The van der Waals surface area contributed by atoms with Gasteiger partial charge in [-0.05, 0) is 44.9 Å². The molecule has 13 nitrogen and oxygen atoms in total. The largest absolute Gasteiger partial charge is 0.463 e. The van der Waals surface area contributed by atoms with E-state index in [9.17, 15) is 29.2 Å². The number of carbonyl (C=O) groups excluding carboxylic acids is 5. The molecule has 3 heterocycles. The van der Waals surface area contributed by atoms with Gasteiger partial charge >= 0.3 is 5.97 Å². The van der Waals surface area contributed by atoms with Crippen LogP contribution < -0.4 is 16.0 Å². The number of aryl methyl sites for hydroxylation is 1. The molecule has 0 aliphatic carbocycles. The Labute approximate surface area is 239 Å². The number of nitrogens with zero attached hydrogens (tertiary/aromatic N) is 3. The first-order chi connectivity index (χ1) is 19.5. The maximum atomic E-state index is 13.8. The number of ether oxygens (including phenoxy) is 1. The number of rotatable bonds is 12. The minimum atomic E-state index is -0.961. The predicted molar refractivity (Wildman–Crippen MR) is 145 cm³/mol. The van der Waals surface area contributed by atoms with Crippen LogP contribution in [0.25, 0.3) is 0 Å². The normalized spacial score (nSPS) is 21.8. The van der Waals surface area contributed by atoms with E-state index in [4.69, 9.17) is 9.26 Å². The number of amides is 4. The van der Waals surface area contributed by atoms with Crippen LogP contribution in [0.4, 0.5) is 0 Å². The van der Waals surface area contributed by atoms with E-state index in [2.05, 4.69) is 27.2 Å². The fourth-order valence-corrected chi connectivity index (χ4v) is 5.10. The summed E-state index contributed by atoms with van der Waals surface area (Å²) >= 11 is 0. The second-order valence-corrected chi connectivity index (χ2v) is 10.7. The zero-order chi connectivity index (χ0) is 30.1. The van der Waals surface area contributed by atoms with Crippen molar-refractivity contribution in [2.75, 3.05) is 19.7 Å². The molecule has 3 N–H and O–H groups in total. The molecule has 0 spiro atoms. The summed E-state index contributed by atoms with van der Waals surface area (Å²) in [6, 6.07) is 1.02. The highest BCUT2D eigenvalue weighted by Gasteiger charge is 2.43. The highest BCUT2D eigenvalue weighted by atomic mass is 16.5. The highest BCUT2D eigenvalue weighted by molar-refractivity contribution is 5.97. The maximum absolute atomic E-state index is 13.8. The summed E-state index contributed by atoms with van der Waals surface area (Å²) in [6.45, 7) is 7.76. The Hall–Kier alpha value is -4.21. The third kappa shape index (κ3) is 8.39. The first kappa shape index (κ1) is 31.3. The minimum absolute atomic E-state index is 0.0335. The summed E-state index contributed by atoms with van der Waals surface area (Å²) in [5.41, 5.74) is 0.0335. The van der Waals surface area contributed by atoms with Gasteiger partial charge in [0.1, 0.15) is 17.8 Å². The van der Waals surface area contributed by atoms with Gasteiger partial charge in [0, 0.05) is 43.6 Å². The Kier molecular flexibility index (Phi) is 11.0. The molecule has 0 radical (unpaired) electrons. The third-order valence-corrected chi connectivity index (χ3v) is 7.21. The van der Waals surface area contributed by atoms with Gasteiger partial charge < -0.3 is 30.1 Å². The van der Waals surface area contributed by atoms with Gasteiger partial charge in [0.15, 0.2) is 5.69 Å². The summed E-state index contributed by atoms with van der Waals surface area (Å²) in [5, 5.41) is 21.4. The maximum Gasteiger partial charge on any atom is 0.330 e. The Balaban J connectivity index is 1.80. The summed E-state index contributed by atoms with van der Waals surface area (Å²) < 4.78 is 9.91. The summed E-state index contributed by atoms with van der Waals surface area (Å²) in [4.78, 5) is 65.8. The minimum Gasteiger partial charge on any atom is -0.463 e. The van der Waals surface area contributed by atoms with Crippen LogP contribution in [-0.2, 0) is 23.9 Å². The van der Waals surface area contributed by atoms with Crippen molar-refractivity contribution < 1.29 is 33.2 Å². The van der Waals surface area contributed by atoms with E-state index < -0.39 is 41.8 Å². The van der Waals surface area contributed by atoms with Crippen molar-refractivity contribution in [3.05, 3.63) is 29.7 Å². The zero-order valence-electron chi connectivity index (χ0n) is 23.8. The molecule has 222 valence electrons. The van der Waals surface area contributed by atoms with Crippen LogP contribution in [0, 0.1) is 36.0 Å². The highest BCUT2D eigenvalue weighted by Crippen LogP contribution is 2.28. The Bertz CT molecular complexity index is 1200. The Morgan fingerprint density at radius 2 is 2.07 bits per heavy atom. The molecule has 0 saturated carbocycles. The van der Waals surface area contributed by atoms with Crippen LogP contribution in [0.15, 0.2) is 22.7 Å². The molecular formula is C28H38N6O7. The number of aromatic nitrogens is 1. The summed E-state index contributed by atoms with van der Waals surface area (Å²) in [7, 11) is 0. The van der Waals surface area contributed by atoms with Gasteiger partial charge in [-0.15, -0.1) is 0 Å². The van der Waals surface area contributed by atoms with E-state index in [1.165, 1.54) is 23.1 Å². The molecule has 13 heteroatoms. The van der Waals surface area contributed by atoms with E-state index in [0.29, 0.717) is 18.7 Å². The number of carbonyl (C=O) groups is 5. The van der Waals surface area contributed by atoms with Gasteiger partial charge in [-0.1, -0.05) is 25.1 Å². The smallest absolute Gasteiger partial charge is 0.330 e. The van der Waals surface area contributed by atoms with Crippen molar-refractivity contribution in [3.63, 3.8) is 0 Å². The van der Waals surface area contributed by atoms with Gasteiger partial charge in [-0.3, -0.25) is 19.2 Å². The van der Waals surface area contributed by atoms with Crippen LogP contribution in [0.2, 0.25) is 0 Å². The van der Waals surface area contributed by atoms with Crippen molar-refractivity contribution in [2.45, 2.75) is 71.5 Å². The summed E-state index contributed by atoms with van der Waals surface area (Å²) in [6.07, 6.45) is 3.97. The van der Waals surface area contributed by atoms with Crippen molar-refractivity contribution in [1.29, 1.82) is 5.26 Å². The van der Waals surface area contributed by atoms with Crippen LogP contribution >= 0.6 is 0 Å². The molecule has 0 unspecified atom stereocenters. The van der Waals surface area contributed by atoms with E-state index in [1.807, 2.05) is 0 Å². The molecular weight excluding hydrogens is 532 g/mol. The van der Waals surface area contributed by atoms with Gasteiger partial charge in [0.2, 0.25) is 17.7 Å². The molecule has 2 saturated heterocycles. The molecule has 1 aromatic rings. The van der Waals surface area contributed by atoms with Crippen molar-refractivity contribution in [3.8, 4) is 6.07 Å². The zero-order valence-corrected chi connectivity index (χ0v) is 23.8. The van der Waals surface area contributed by atoms with Crippen LogP contribution in [-0.4, -0.2) is 77.5 Å². The standard InChI is InChI=1S/C28H38N6O7/c1-5-40-23(35)7-6-20(14-19-9-11-30-25(19)36)31-27(38)22-13-18(8-10-29)15-34(22)28(39)24(16(2)3)32-26(37)21-12-17(4)41-33-21/h6-7,12,16,18-20,22,24H,5,8-9,11,13-15H2,1-4H3,(H,30,36)(H,31,38)(H,32,37)/b7-6+/t18-,19+,20-,22+,24+/m1/s1. The second kappa shape index (κ2) is 14.4. The number of likely N-dealkylation sites (tertiary alicyclic amines) is 1. The van der Waals surface area contributed by atoms with Gasteiger partial charge in [-0.2, -0.15) is 5.26 Å². The van der Waals surface area contributed by atoms with E-state index in [1.54, 1.807) is 27.7 Å². The van der Waals surface area contributed by atoms with Crippen LogP contribution in [0.5, 0.6) is 0 Å². The molecule has 41 heavy (non-hydrogen) atoms. The van der Waals surface area contributed by atoms with Crippen molar-refractivity contribution in [2.24, 2.45) is 17.8 Å². The van der Waals surface area contributed by atoms with Crippen LogP contribution in [0.3, 0.4) is 0 Å². The number of nitriles is 1. The number of nitrogens with one attached hydrogen (secondary N) is 3. The third-order valence-electron chi connectivity index (χ3n) is 7.21. The molecule has 2 aliphatic rings. The monoisotopic (exact) mass is 570 g/mol. The van der Waals surface area contributed by atoms with E-state index in [0.717, 1.165) is 0 Å². The molecule has 0 aromatic carbocycles. The quantitative estimate of drug-likeness (QED) is 0.244.